The van der Waals surface area contributed by atoms with Crippen molar-refractivity contribution in [3.63, 3.8) is 0 Å². The maximum atomic E-state index is 10.3. The molecule has 0 radical (unpaired) electrons. The fourth-order valence-electron chi connectivity index (χ4n) is 2.05. The maximum absolute atomic E-state index is 10.3. The van der Waals surface area contributed by atoms with Gasteiger partial charge >= 0.3 is 5.97 Å². The number of hydrogen-bond donors (Lipinski definition) is 1. The zero-order chi connectivity index (χ0) is 11.3. The Hall–Kier alpha value is -0.870. The monoisotopic (exact) mass is 212 g/mol. The van der Waals surface area contributed by atoms with E-state index in [2.05, 4.69) is 23.9 Å². The average Bonchev–Trinajstić information content (AvgIpc) is 2.51. The highest BCUT2D eigenvalue weighted by molar-refractivity contribution is 5.79. The van der Waals surface area contributed by atoms with Crippen molar-refractivity contribution in [1.82, 2.24) is 9.80 Å². The summed E-state index contributed by atoms with van der Waals surface area (Å²) in [7, 11) is 4.15. The number of aliphatic carboxylic acids is 1. The minimum Gasteiger partial charge on any atom is -0.478 e. The summed E-state index contributed by atoms with van der Waals surface area (Å²) in [5.74, 6) is -0.863. The third-order valence-corrected chi connectivity index (χ3v) is 2.68. The molecule has 4 nitrogen and oxygen atoms in total. The second-order valence-electron chi connectivity index (χ2n) is 4.29. The van der Waals surface area contributed by atoms with Crippen LogP contribution in [0.1, 0.15) is 12.8 Å². The van der Waals surface area contributed by atoms with E-state index in [0.717, 1.165) is 19.6 Å². The van der Waals surface area contributed by atoms with E-state index in [1.807, 2.05) is 0 Å². The quantitative estimate of drug-likeness (QED) is 0.680. The Bertz CT molecular complexity index is 239. The first-order chi connectivity index (χ1) is 7.09. The van der Waals surface area contributed by atoms with Crippen molar-refractivity contribution in [3.8, 4) is 0 Å². The average molecular weight is 212 g/mol. The molecule has 1 heterocycles. The Morgan fingerprint density at radius 2 is 2.33 bits per heavy atom. The molecule has 1 N–H and O–H groups in total. The molecular weight excluding hydrogens is 192 g/mol. The van der Waals surface area contributed by atoms with Crippen molar-refractivity contribution in [2.24, 2.45) is 0 Å². The van der Waals surface area contributed by atoms with Gasteiger partial charge < -0.3 is 10.0 Å². The predicted molar refractivity (Wildman–Crippen MR) is 59.9 cm³/mol. The number of carboxylic acid groups (broad SMARTS) is 1. The molecule has 1 aliphatic rings. The Balaban J connectivity index is 2.36. The molecule has 0 spiro atoms. The van der Waals surface area contributed by atoms with E-state index in [9.17, 15) is 4.79 Å². The van der Waals surface area contributed by atoms with Crippen LogP contribution in [-0.2, 0) is 4.79 Å². The molecule has 4 heteroatoms. The molecule has 0 aromatic heterocycles. The van der Waals surface area contributed by atoms with Crippen molar-refractivity contribution in [2.75, 3.05) is 33.7 Å². The largest absolute Gasteiger partial charge is 0.478 e. The van der Waals surface area contributed by atoms with Gasteiger partial charge in [-0.05, 0) is 33.5 Å². The summed E-state index contributed by atoms with van der Waals surface area (Å²) in [6.45, 7) is 2.90. The summed E-state index contributed by atoms with van der Waals surface area (Å²) in [6.07, 6.45) is 5.40. The van der Waals surface area contributed by atoms with Crippen LogP contribution in [0.5, 0.6) is 0 Å². The van der Waals surface area contributed by atoms with Crippen LogP contribution >= 0.6 is 0 Å². The number of rotatable bonds is 5. The maximum Gasteiger partial charge on any atom is 0.328 e. The highest BCUT2D eigenvalue weighted by atomic mass is 16.4. The minimum absolute atomic E-state index is 0.582. The van der Waals surface area contributed by atoms with E-state index < -0.39 is 5.97 Å². The lowest BCUT2D eigenvalue weighted by molar-refractivity contribution is -0.131. The van der Waals surface area contributed by atoms with Crippen molar-refractivity contribution in [2.45, 2.75) is 18.9 Å². The number of carboxylic acids is 1. The Morgan fingerprint density at radius 3 is 2.93 bits per heavy atom. The molecule has 0 aromatic carbocycles. The van der Waals surface area contributed by atoms with Crippen molar-refractivity contribution in [1.29, 1.82) is 0 Å². The van der Waals surface area contributed by atoms with E-state index in [4.69, 9.17) is 5.11 Å². The van der Waals surface area contributed by atoms with Gasteiger partial charge in [-0.2, -0.15) is 0 Å². The first kappa shape index (κ1) is 12.2. The topological polar surface area (TPSA) is 43.8 Å². The molecule has 0 bridgehead atoms. The molecule has 1 rings (SSSR count). The second-order valence-corrected chi connectivity index (χ2v) is 4.29. The van der Waals surface area contributed by atoms with Crippen LogP contribution in [0.2, 0.25) is 0 Å². The van der Waals surface area contributed by atoms with E-state index in [-0.39, 0.29) is 0 Å². The van der Waals surface area contributed by atoms with Crippen LogP contribution in [0.15, 0.2) is 12.2 Å². The molecule has 0 aliphatic carbocycles. The second kappa shape index (κ2) is 5.88. The molecule has 15 heavy (non-hydrogen) atoms. The van der Waals surface area contributed by atoms with E-state index in [1.165, 1.54) is 18.9 Å². The lowest BCUT2D eigenvalue weighted by atomic mass is 10.2. The van der Waals surface area contributed by atoms with Crippen molar-refractivity contribution in [3.05, 3.63) is 12.2 Å². The van der Waals surface area contributed by atoms with Gasteiger partial charge in [0, 0.05) is 25.2 Å². The molecule has 1 unspecified atom stereocenters. The lowest BCUT2D eigenvalue weighted by Gasteiger charge is -2.25. The number of nitrogens with zero attached hydrogens (tertiary/aromatic N) is 2. The van der Waals surface area contributed by atoms with Crippen LogP contribution < -0.4 is 0 Å². The standard InChI is InChI=1S/C11H20N2O2/c1-12(2)9-10-5-3-7-13(10)8-4-6-11(14)15/h4,6,10H,3,5,7-9H2,1-2H3,(H,14,15)/b6-4+. The normalized spacial score (nSPS) is 23.0. The van der Waals surface area contributed by atoms with Crippen LogP contribution in [0.3, 0.4) is 0 Å². The molecule has 1 atom stereocenters. The number of carbonyl (C=O) groups is 1. The summed E-state index contributed by atoms with van der Waals surface area (Å²) < 4.78 is 0. The zero-order valence-corrected chi connectivity index (χ0v) is 9.52. The summed E-state index contributed by atoms with van der Waals surface area (Å²) in [4.78, 5) is 14.8. The Kier molecular flexibility index (Phi) is 4.78. The summed E-state index contributed by atoms with van der Waals surface area (Å²) in [5, 5.41) is 8.49. The fraction of sp³-hybridized carbons (Fsp3) is 0.727. The third-order valence-electron chi connectivity index (χ3n) is 2.68. The Labute approximate surface area is 91.2 Å². The van der Waals surface area contributed by atoms with Crippen LogP contribution in [0.25, 0.3) is 0 Å². The highest BCUT2D eigenvalue weighted by Crippen LogP contribution is 2.17. The first-order valence-corrected chi connectivity index (χ1v) is 5.38. The van der Waals surface area contributed by atoms with Crippen LogP contribution in [-0.4, -0.2) is 60.6 Å². The lowest BCUT2D eigenvalue weighted by Crippen LogP contribution is -2.37. The molecule has 0 aromatic rings. The number of likely N-dealkylation sites (N-methyl/N-ethyl adjacent to an activating group) is 1. The summed E-state index contributed by atoms with van der Waals surface area (Å²) in [6, 6.07) is 0.582. The van der Waals surface area contributed by atoms with Gasteiger partial charge in [-0.3, -0.25) is 4.90 Å². The van der Waals surface area contributed by atoms with Crippen LogP contribution in [0, 0.1) is 0 Å². The molecule has 1 fully saturated rings. The summed E-state index contributed by atoms with van der Waals surface area (Å²) in [5.41, 5.74) is 0. The smallest absolute Gasteiger partial charge is 0.328 e. The minimum atomic E-state index is -0.863. The molecular formula is C11H20N2O2. The molecule has 0 amide bonds. The zero-order valence-electron chi connectivity index (χ0n) is 9.52. The molecule has 1 aliphatic heterocycles. The van der Waals surface area contributed by atoms with Crippen molar-refractivity contribution >= 4 is 5.97 Å². The van der Waals surface area contributed by atoms with Gasteiger partial charge in [-0.1, -0.05) is 6.08 Å². The fourth-order valence-corrected chi connectivity index (χ4v) is 2.05. The van der Waals surface area contributed by atoms with Gasteiger partial charge in [0.25, 0.3) is 0 Å². The molecule has 86 valence electrons. The molecule has 1 saturated heterocycles. The van der Waals surface area contributed by atoms with Gasteiger partial charge in [-0.25, -0.2) is 4.79 Å². The van der Waals surface area contributed by atoms with Crippen molar-refractivity contribution < 1.29 is 9.90 Å². The van der Waals surface area contributed by atoms with Gasteiger partial charge in [0.1, 0.15) is 0 Å². The van der Waals surface area contributed by atoms with E-state index in [0.29, 0.717) is 6.04 Å². The highest BCUT2D eigenvalue weighted by Gasteiger charge is 2.23. The first-order valence-electron chi connectivity index (χ1n) is 5.38. The van der Waals surface area contributed by atoms with Gasteiger partial charge in [0.05, 0.1) is 0 Å². The van der Waals surface area contributed by atoms with Gasteiger partial charge in [0.15, 0.2) is 0 Å². The Morgan fingerprint density at radius 1 is 1.60 bits per heavy atom. The summed E-state index contributed by atoms with van der Waals surface area (Å²) >= 11 is 0. The predicted octanol–water partition coefficient (Wildman–Crippen LogP) is 0.653. The third kappa shape index (κ3) is 4.44. The number of hydrogen-bond acceptors (Lipinski definition) is 3. The number of likely N-dealkylation sites (tertiary alicyclic amines) is 1. The van der Waals surface area contributed by atoms with Gasteiger partial charge in [0.2, 0.25) is 0 Å². The molecule has 0 saturated carbocycles. The van der Waals surface area contributed by atoms with Gasteiger partial charge in [-0.15, -0.1) is 0 Å². The van der Waals surface area contributed by atoms with E-state index >= 15 is 0 Å². The van der Waals surface area contributed by atoms with Crippen LogP contribution in [0.4, 0.5) is 0 Å². The SMILES string of the molecule is CN(C)CC1CCCN1C/C=C/C(=O)O. The van der Waals surface area contributed by atoms with E-state index in [1.54, 1.807) is 6.08 Å².